The van der Waals surface area contributed by atoms with Gasteiger partial charge in [0, 0.05) is 23.9 Å². The Balaban J connectivity index is 2.65. The number of rotatable bonds is 3. The highest BCUT2D eigenvalue weighted by atomic mass is 35.5. The molecule has 1 aromatic heterocycles. The summed E-state index contributed by atoms with van der Waals surface area (Å²) < 4.78 is 0. The molecule has 5 heteroatoms. The molecule has 0 radical (unpaired) electrons. The maximum Gasteiger partial charge on any atom is 0.163 e. The lowest BCUT2D eigenvalue weighted by Crippen LogP contribution is -2.07. The Hall–Kier alpha value is -1.32. The normalized spacial score (nSPS) is 10.9. The fourth-order valence-electron chi connectivity index (χ4n) is 2.26. The van der Waals surface area contributed by atoms with Gasteiger partial charge in [-0.15, -0.1) is 0 Å². The van der Waals surface area contributed by atoms with Crippen LogP contribution in [0.25, 0.3) is 11.4 Å². The molecule has 2 aromatic rings. The smallest absolute Gasteiger partial charge is 0.163 e. The summed E-state index contributed by atoms with van der Waals surface area (Å²) in [5.74, 6) is 1.77. The highest BCUT2D eigenvalue weighted by molar-refractivity contribution is 6.43. The topological polar surface area (TPSA) is 37.8 Å². The zero-order valence-electron chi connectivity index (χ0n) is 12.0. The predicted molar refractivity (Wildman–Crippen MR) is 85.9 cm³/mol. The van der Waals surface area contributed by atoms with Crippen molar-refractivity contribution in [2.24, 2.45) is 0 Å². The summed E-state index contributed by atoms with van der Waals surface area (Å²) in [4.78, 5) is 9.16. The maximum atomic E-state index is 6.25. The average Bonchev–Trinajstić information content (AvgIpc) is 2.40. The molecule has 0 fully saturated rings. The minimum atomic E-state index is 0.348. The van der Waals surface area contributed by atoms with Crippen LogP contribution in [0.15, 0.2) is 18.2 Å². The Bertz CT molecular complexity index is 639. The molecular weight excluding hydrogens is 293 g/mol. The Morgan fingerprint density at radius 2 is 1.85 bits per heavy atom. The molecule has 1 N–H and O–H groups in total. The lowest BCUT2D eigenvalue weighted by molar-refractivity contribution is 0.834. The SMILES string of the molecule is CNc1nc(-c2cccc(Cl)c2Cl)nc(C)c1C(C)C. The zero-order chi connectivity index (χ0) is 14.9. The van der Waals surface area contributed by atoms with E-state index < -0.39 is 0 Å². The first-order chi connectivity index (χ1) is 9.45. The molecule has 0 atom stereocenters. The summed E-state index contributed by atoms with van der Waals surface area (Å²) >= 11 is 12.3. The van der Waals surface area contributed by atoms with Gasteiger partial charge in [0.2, 0.25) is 0 Å². The van der Waals surface area contributed by atoms with E-state index in [-0.39, 0.29) is 0 Å². The lowest BCUT2D eigenvalue weighted by Gasteiger charge is -2.16. The van der Waals surface area contributed by atoms with Gasteiger partial charge in [0.05, 0.1) is 10.0 Å². The summed E-state index contributed by atoms with van der Waals surface area (Å²) in [5.41, 5.74) is 2.81. The number of aromatic nitrogens is 2. The first kappa shape index (κ1) is 15.1. The van der Waals surface area contributed by atoms with Gasteiger partial charge < -0.3 is 5.32 Å². The van der Waals surface area contributed by atoms with Gasteiger partial charge in [-0.25, -0.2) is 9.97 Å². The van der Waals surface area contributed by atoms with E-state index in [1.807, 2.05) is 26.1 Å². The van der Waals surface area contributed by atoms with Gasteiger partial charge in [-0.05, 0) is 25.0 Å². The summed E-state index contributed by atoms with van der Waals surface area (Å²) in [6, 6.07) is 5.47. The molecule has 0 bridgehead atoms. The molecule has 3 nitrogen and oxygen atoms in total. The van der Waals surface area contributed by atoms with E-state index in [1.165, 1.54) is 0 Å². The molecule has 0 saturated heterocycles. The van der Waals surface area contributed by atoms with E-state index in [0.717, 1.165) is 22.6 Å². The number of hydrogen-bond acceptors (Lipinski definition) is 3. The summed E-state index contributed by atoms with van der Waals surface area (Å²) in [5, 5.41) is 4.12. The number of anilines is 1. The summed E-state index contributed by atoms with van der Waals surface area (Å²) in [6.07, 6.45) is 0. The van der Waals surface area contributed by atoms with Gasteiger partial charge in [-0.3, -0.25) is 0 Å². The molecule has 0 amide bonds. The van der Waals surface area contributed by atoms with E-state index in [9.17, 15) is 0 Å². The molecule has 0 aliphatic carbocycles. The van der Waals surface area contributed by atoms with Crippen LogP contribution in [-0.4, -0.2) is 17.0 Å². The van der Waals surface area contributed by atoms with Crippen molar-refractivity contribution in [1.82, 2.24) is 9.97 Å². The summed E-state index contributed by atoms with van der Waals surface area (Å²) in [6.45, 7) is 6.23. The largest absolute Gasteiger partial charge is 0.373 e. The molecule has 20 heavy (non-hydrogen) atoms. The van der Waals surface area contributed by atoms with Gasteiger partial charge in [0.1, 0.15) is 5.82 Å². The van der Waals surface area contributed by atoms with Crippen LogP contribution in [0.1, 0.15) is 31.0 Å². The van der Waals surface area contributed by atoms with Crippen LogP contribution in [0.5, 0.6) is 0 Å². The predicted octanol–water partition coefficient (Wildman–Crippen LogP) is 4.92. The lowest BCUT2D eigenvalue weighted by atomic mass is 10.0. The number of nitrogens with zero attached hydrogens (tertiary/aromatic N) is 2. The molecule has 1 heterocycles. The van der Waals surface area contributed by atoms with Gasteiger partial charge in [-0.2, -0.15) is 0 Å². The fourth-order valence-corrected chi connectivity index (χ4v) is 2.65. The van der Waals surface area contributed by atoms with Crippen LogP contribution in [0.4, 0.5) is 5.82 Å². The number of halogens is 2. The number of nitrogens with one attached hydrogen (secondary N) is 1. The quantitative estimate of drug-likeness (QED) is 0.874. The second kappa shape index (κ2) is 5.98. The van der Waals surface area contributed by atoms with E-state index in [1.54, 1.807) is 6.07 Å². The third-order valence-electron chi connectivity index (χ3n) is 3.14. The van der Waals surface area contributed by atoms with Crippen molar-refractivity contribution >= 4 is 29.0 Å². The molecule has 106 valence electrons. The molecule has 2 rings (SSSR count). The van der Waals surface area contributed by atoms with Crippen LogP contribution in [0, 0.1) is 6.92 Å². The third-order valence-corrected chi connectivity index (χ3v) is 3.96. The third kappa shape index (κ3) is 2.74. The van der Waals surface area contributed by atoms with Crippen molar-refractivity contribution in [3.63, 3.8) is 0 Å². The average molecular weight is 310 g/mol. The Morgan fingerprint density at radius 1 is 1.15 bits per heavy atom. The zero-order valence-corrected chi connectivity index (χ0v) is 13.5. The van der Waals surface area contributed by atoms with E-state index >= 15 is 0 Å². The highest BCUT2D eigenvalue weighted by Crippen LogP contribution is 2.34. The van der Waals surface area contributed by atoms with Crippen molar-refractivity contribution in [2.45, 2.75) is 26.7 Å². The van der Waals surface area contributed by atoms with Crippen LogP contribution in [0.2, 0.25) is 10.0 Å². The van der Waals surface area contributed by atoms with Crippen LogP contribution in [-0.2, 0) is 0 Å². The molecule has 0 aliphatic rings. The molecule has 0 spiro atoms. The Kier molecular flexibility index (Phi) is 4.51. The first-order valence-electron chi connectivity index (χ1n) is 6.46. The maximum absolute atomic E-state index is 6.25. The van der Waals surface area contributed by atoms with Gasteiger partial charge >= 0.3 is 0 Å². The molecular formula is C15H17Cl2N3. The van der Waals surface area contributed by atoms with Gasteiger partial charge in [-0.1, -0.05) is 43.1 Å². The molecule has 1 aromatic carbocycles. The first-order valence-corrected chi connectivity index (χ1v) is 7.22. The fraction of sp³-hybridized carbons (Fsp3) is 0.333. The van der Waals surface area contributed by atoms with E-state index in [0.29, 0.717) is 21.8 Å². The second-order valence-corrected chi connectivity index (χ2v) is 5.69. The van der Waals surface area contributed by atoms with Crippen molar-refractivity contribution in [3.8, 4) is 11.4 Å². The van der Waals surface area contributed by atoms with E-state index in [4.69, 9.17) is 23.2 Å². The summed E-state index contributed by atoms with van der Waals surface area (Å²) in [7, 11) is 1.86. The monoisotopic (exact) mass is 309 g/mol. The minimum absolute atomic E-state index is 0.348. The van der Waals surface area contributed by atoms with Crippen LogP contribution in [0.3, 0.4) is 0 Å². The van der Waals surface area contributed by atoms with Crippen molar-refractivity contribution < 1.29 is 0 Å². The van der Waals surface area contributed by atoms with Crippen molar-refractivity contribution in [3.05, 3.63) is 39.5 Å². The number of aryl methyl sites for hydroxylation is 1. The van der Waals surface area contributed by atoms with Crippen LogP contribution < -0.4 is 5.32 Å². The van der Waals surface area contributed by atoms with E-state index in [2.05, 4.69) is 29.1 Å². The van der Waals surface area contributed by atoms with Crippen molar-refractivity contribution in [2.75, 3.05) is 12.4 Å². The Labute approximate surface area is 129 Å². The molecule has 0 saturated carbocycles. The second-order valence-electron chi connectivity index (χ2n) is 4.90. The number of benzene rings is 1. The van der Waals surface area contributed by atoms with Gasteiger partial charge in [0.15, 0.2) is 5.82 Å². The molecule has 0 unspecified atom stereocenters. The Morgan fingerprint density at radius 3 is 2.45 bits per heavy atom. The standard InChI is InChI=1S/C15H17Cl2N3/c1-8(2)12-9(3)19-14(20-15(12)18-4)10-6-5-7-11(16)13(10)17/h5-8H,1-4H3,(H,18,19,20). The molecule has 0 aliphatic heterocycles. The highest BCUT2D eigenvalue weighted by Gasteiger charge is 2.16. The van der Waals surface area contributed by atoms with Crippen LogP contribution >= 0.6 is 23.2 Å². The van der Waals surface area contributed by atoms with Crippen molar-refractivity contribution in [1.29, 1.82) is 0 Å². The number of hydrogen-bond donors (Lipinski definition) is 1. The minimum Gasteiger partial charge on any atom is -0.373 e. The van der Waals surface area contributed by atoms with Gasteiger partial charge in [0.25, 0.3) is 0 Å².